The Morgan fingerprint density at radius 2 is 1.60 bits per heavy atom. The molecule has 2 aromatic rings. The van der Waals surface area contributed by atoms with Crippen molar-refractivity contribution in [2.75, 3.05) is 0 Å². The third-order valence-corrected chi connectivity index (χ3v) is 3.18. The van der Waals surface area contributed by atoms with Crippen molar-refractivity contribution in [2.45, 2.75) is 13.8 Å². The number of carbonyl (C=O) groups is 1. The fourth-order valence-corrected chi connectivity index (χ4v) is 2.12. The average molecular weight is 271 g/mol. The summed E-state index contributed by atoms with van der Waals surface area (Å²) in [5, 5.41) is 19.8. The fourth-order valence-electron chi connectivity index (χ4n) is 2.12. The van der Waals surface area contributed by atoms with E-state index in [2.05, 4.69) is 0 Å². The van der Waals surface area contributed by atoms with Crippen LogP contribution in [0.25, 0.3) is 11.1 Å². The van der Waals surface area contributed by atoms with Gasteiger partial charge in [0.2, 0.25) is 0 Å². The molecule has 0 aromatic heterocycles. The normalized spacial score (nSPS) is 10.3. The maximum absolute atomic E-state index is 11.0. The quantitative estimate of drug-likeness (QED) is 0.683. The minimum Gasteiger partial charge on any atom is -0.478 e. The monoisotopic (exact) mass is 271 g/mol. The molecule has 0 radical (unpaired) electrons. The van der Waals surface area contributed by atoms with Crippen molar-refractivity contribution in [1.82, 2.24) is 0 Å². The van der Waals surface area contributed by atoms with Crippen molar-refractivity contribution in [1.29, 1.82) is 0 Å². The second kappa shape index (κ2) is 5.13. The SMILES string of the molecule is Cc1cc(-c2ccc([N+](=O)[O-])c(C)c2)ccc1C(=O)O. The van der Waals surface area contributed by atoms with E-state index in [4.69, 9.17) is 5.11 Å². The molecule has 0 amide bonds. The van der Waals surface area contributed by atoms with Crippen LogP contribution in [0.3, 0.4) is 0 Å². The Hall–Kier alpha value is -2.69. The highest BCUT2D eigenvalue weighted by atomic mass is 16.6. The van der Waals surface area contributed by atoms with Crippen LogP contribution >= 0.6 is 0 Å². The zero-order chi connectivity index (χ0) is 14.9. The third-order valence-electron chi connectivity index (χ3n) is 3.18. The average Bonchev–Trinajstić information content (AvgIpc) is 2.37. The summed E-state index contributed by atoms with van der Waals surface area (Å²) in [6.07, 6.45) is 0. The van der Waals surface area contributed by atoms with Crippen molar-refractivity contribution in [2.24, 2.45) is 0 Å². The summed E-state index contributed by atoms with van der Waals surface area (Å²) in [5.74, 6) is -0.964. The number of aryl methyl sites for hydroxylation is 2. The minimum absolute atomic E-state index is 0.0765. The van der Waals surface area contributed by atoms with Gasteiger partial charge in [-0.25, -0.2) is 4.79 Å². The lowest BCUT2D eigenvalue weighted by Crippen LogP contribution is -1.99. The van der Waals surface area contributed by atoms with Gasteiger partial charge in [-0.3, -0.25) is 10.1 Å². The van der Waals surface area contributed by atoms with Gasteiger partial charge in [-0.1, -0.05) is 12.1 Å². The fraction of sp³-hybridized carbons (Fsp3) is 0.133. The Bertz CT molecular complexity index is 646. The lowest BCUT2D eigenvalue weighted by atomic mass is 9.98. The van der Waals surface area contributed by atoms with Crippen LogP contribution in [0.15, 0.2) is 36.4 Å². The molecule has 20 heavy (non-hydrogen) atoms. The van der Waals surface area contributed by atoms with E-state index in [1.165, 1.54) is 6.07 Å². The molecule has 0 spiro atoms. The van der Waals surface area contributed by atoms with Gasteiger partial charge in [-0.15, -0.1) is 0 Å². The summed E-state index contributed by atoms with van der Waals surface area (Å²) < 4.78 is 0. The Balaban J connectivity index is 2.47. The van der Waals surface area contributed by atoms with Gasteiger partial charge in [-0.05, 0) is 48.7 Å². The molecular formula is C15H13NO4. The van der Waals surface area contributed by atoms with Gasteiger partial charge in [-0.2, -0.15) is 0 Å². The van der Waals surface area contributed by atoms with Crippen molar-refractivity contribution >= 4 is 11.7 Å². The molecule has 0 saturated heterocycles. The van der Waals surface area contributed by atoms with Crippen LogP contribution in [0.1, 0.15) is 21.5 Å². The molecule has 0 aliphatic rings. The lowest BCUT2D eigenvalue weighted by Gasteiger charge is -2.07. The molecule has 5 nitrogen and oxygen atoms in total. The van der Waals surface area contributed by atoms with E-state index in [9.17, 15) is 14.9 Å². The van der Waals surface area contributed by atoms with Crippen LogP contribution in [0.5, 0.6) is 0 Å². The van der Waals surface area contributed by atoms with Crippen molar-refractivity contribution in [3.05, 3.63) is 63.2 Å². The molecule has 2 aromatic carbocycles. The first kappa shape index (κ1) is 13.7. The first-order valence-electron chi connectivity index (χ1n) is 5.99. The summed E-state index contributed by atoms with van der Waals surface area (Å²) in [5.41, 5.74) is 3.23. The Labute approximate surface area is 115 Å². The molecule has 0 saturated carbocycles. The molecule has 0 atom stereocenters. The second-order valence-corrected chi connectivity index (χ2v) is 4.59. The molecule has 0 bridgehead atoms. The van der Waals surface area contributed by atoms with Crippen LogP contribution in [-0.4, -0.2) is 16.0 Å². The number of nitro groups is 1. The van der Waals surface area contributed by atoms with E-state index in [0.29, 0.717) is 11.1 Å². The molecule has 102 valence electrons. The topological polar surface area (TPSA) is 80.4 Å². The smallest absolute Gasteiger partial charge is 0.335 e. The van der Waals surface area contributed by atoms with Gasteiger partial charge in [0.05, 0.1) is 10.5 Å². The summed E-state index contributed by atoms with van der Waals surface area (Å²) in [4.78, 5) is 21.3. The maximum atomic E-state index is 11.0. The van der Waals surface area contributed by atoms with Gasteiger partial charge in [0.1, 0.15) is 0 Å². The number of hydrogen-bond donors (Lipinski definition) is 1. The third kappa shape index (κ3) is 2.51. The van der Waals surface area contributed by atoms with Crippen LogP contribution in [0.2, 0.25) is 0 Å². The highest BCUT2D eigenvalue weighted by Crippen LogP contribution is 2.27. The van der Waals surface area contributed by atoms with E-state index in [1.54, 1.807) is 44.2 Å². The summed E-state index contributed by atoms with van der Waals surface area (Å²) in [6, 6.07) is 9.88. The summed E-state index contributed by atoms with van der Waals surface area (Å²) >= 11 is 0. The van der Waals surface area contributed by atoms with Crippen LogP contribution in [0.4, 0.5) is 5.69 Å². The van der Waals surface area contributed by atoms with Crippen molar-refractivity contribution in [3.63, 3.8) is 0 Å². The first-order valence-corrected chi connectivity index (χ1v) is 5.99. The molecule has 0 heterocycles. The Morgan fingerprint density at radius 1 is 1.05 bits per heavy atom. The lowest BCUT2D eigenvalue weighted by molar-refractivity contribution is -0.385. The summed E-state index contributed by atoms with van der Waals surface area (Å²) in [7, 11) is 0. The van der Waals surface area contributed by atoms with Crippen molar-refractivity contribution in [3.8, 4) is 11.1 Å². The number of carboxylic acids is 1. The number of aromatic carboxylic acids is 1. The number of nitrogens with zero attached hydrogens (tertiary/aromatic N) is 1. The predicted octanol–water partition coefficient (Wildman–Crippen LogP) is 3.58. The van der Waals surface area contributed by atoms with Gasteiger partial charge in [0, 0.05) is 11.6 Å². The van der Waals surface area contributed by atoms with Crippen LogP contribution in [0, 0.1) is 24.0 Å². The highest BCUT2D eigenvalue weighted by molar-refractivity contribution is 5.90. The zero-order valence-electron chi connectivity index (χ0n) is 11.1. The van der Waals surface area contributed by atoms with Crippen molar-refractivity contribution < 1.29 is 14.8 Å². The zero-order valence-corrected chi connectivity index (χ0v) is 11.1. The summed E-state index contributed by atoms with van der Waals surface area (Å²) in [6.45, 7) is 3.41. The minimum atomic E-state index is -0.964. The van der Waals surface area contributed by atoms with Gasteiger partial charge >= 0.3 is 5.97 Å². The number of rotatable bonds is 3. The molecule has 5 heteroatoms. The maximum Gasteiger partial charge on any atom is 0.335 e. The largest absolute Gasteiger partial charge is 0.478 e. The molecule has 0 fully saturated rings. The van der Waals surface area contributed by atoms with Gasteiger partial charge in [0.15, 0.2) is 0 Å². The number of carboxylic acid groups (broad SMARTS) is 1. The van der Waals surface area contributed by atoms with E-state index < -0.39 is 10.9 Å². The van der Waals surface area contributed by atoms with Crippen LogP contribution in [-0.2, 0) is 0 Å². The Morgan fingerprint density at radius 3 is 2.05 bits per heavy atom. The predicted molar refractivity (Wildman–Crippen MR) is 75.0 cm³/mol. The molecule has 0 aliphatic heterocycles. The number of benzene rings is 2. The standard InChI is InChI=1S/C15H13NO4/c1-9-7-11(3-5-13(9)15(17)18)12-4-6-14(16(19)20)10(2)8-12/h3-8H,1-2H3,(H,17,18). The first-order chi connectivity index (χ1) is 9.40. The van der Waals surface area contributed by atoms with E-state index in [-0.39, 0.29) is 11.3 Å². The Kier molecular flexibility index (Phi) is 3.52. The molecule has 0 aliphatic carbocycles. The molecule has 1 N–H and O–H groups in total. The highest BCUT2D eigenvalue weighted by Gasteiger charge is 2.12. The molecular weight excluding hydrogens is 258 g/mol. The molecule has 2 rings (SSSR count). The van der Waals surface area contributed by atoms with E-state index >= 15 is 0 Å². The van der Waals surface area contributed by atoms with Gasteiger partial charge in [0.25, 0.3) is 5.69 Å². The van der Waals surface area contributed by atoms with E-state index in [0.717, 1.165) is 11.1 Å². The number of nitro benzene ring substituents is 1. The molecule has 0 unspecified atom stereocenters. The van der Waals surface area contributed by atoms with E-state index in [1.807, 2.05) is 0 Å². The second-order valence-electron chi connectivity index (χ2n) is 4.59. The van der Waals surface area contributed by atoms with Crippen LogP contribution < -0.4 is 0 Å². The van der Waals surface area contributed by atoms with Gasteiger partial charge < -0.3 is 5.11 Å². The number of hydrogen-bond acceptors (Lipinski definition) is 3.